The summed E-state index contributed by atoms with van der Waals surface area (Å²) in [5.74, 6) is 1.54. The number of fused-ring (bicyclic) bond motifs is 1. The van der Waals surface area contributed by atoms with E-state index in [2.05, 4.69) is 20.8 Å². The third kappa shape index (κ3) is 4.10. The highest BCUT2D eigenvalue weighted by atomic mass is 32.2. The Hall–Kier alpha value is -3.27. The van der Waals surface area contributed by atoms with E-state index in [-0.39, 0.29) is 11.7 Å². The molecule has 166 valence electrons. The first-order valence-corrected chi connectivity index (χ1v) is 11.6. The summed E-state index contributed by atoms with van der Waals surface area (Å²) in [5, 5.41) is 15.3. The average Bonchev–Trinajstić information content (AvgIpc) is 3.52. The van der Waals surface area contributed by atoms with Crippen molar-refractivity contribution >= 4 is 23.4 Å². The van der Waals surface area contributed by atoms with Crippen LogP contribution < -0.4 is 19.5 Å². The number of para-hydroxylation sites is 2. The van der Waals surface area contributed by atoms with E-state index in [4.69, 9.17) is 14.2 Å². The maximum atomic E-state index is 12.6. The fraction of sp³-hybridized carbons (Fsp3) is 0.364. The number of ether oxygens (including phenoxy) is 3. The van der Waals surface area contributed by atoms with Gasteiger partial charge in [-0.3, -0.25) is 4.79 Å². The van der Waals surface area contributed by atoms with Gasteiger partial charge in [-0.2, -0.15) is 4.68 Å². The Morgan fingerprint density at radius 1 is 1.19 bits per heavy atom. The van der Waals surface area contributed by atoms with Crippen LogP contribution in [-0.2, 0) is 4.79 Å². The van der Waals surface area contributed by atoms with Crippen molar-refractivity contribution in [3.8, 4) is 22.9 Å². The van der Waals surface area contributed by atoms with Crippen LogP contribution >= 0.6 is 11.8 Å². The minimum atomic E-state index is -0.518. The zero-order chi connectivity index (χ0) is 22.0. The van der Waals surface area contributed by atoms with Crippen LogP contribution in [0.25, 0.3) is 5.69 Å². The van der Waals surface area contributed by atoms with Crippen molar-refractivity contribution in [1.82, 2.24) is 20.2 Å². The summed E-state index contributed by atoms with van der Waals surface area (Å²) < 4.78 is 19.3. The Kier molecular flexibility index (Phi) is 5.60. The summed E-state index contributed by atoms with van der Waals surface area (Å²) >= 11 is 1.25. The molecule has 1 aliphatic heterocycles. The number of thioether (sulfide) groups is 1. The first-order chi connectivity index (χ1) is 15.7. The lowest BCUT2D eigenvalue weighted by atomic mass is 10.2. The lowest BCUT2D eigenvalue weighted by molar-refractivity contribution is -0.113. The number of aromatic nitrogens is 4. The molecule has 0 atom stereocenters. The van der Waals surface area contributed by atoms with E-state index >= 15 is 0 Å². The number of nitrogens with zero attached hydrogens (tertiary/aromatic N) is 4. The molecule has 1 N–H and O–H groups in total. The highest BCUT2D eigenvalue weighted by Crippen LogP contribution is 2.47. The van der Waals surface area contributed by atoms with E-state index in [0.717, 1.165) is 37.1 Å². The first kappa shape index (κ1) is 20.6. The number of benzene rings is 2. The monoisotopic (exact) mass is 453 g/mol. The lowest BCUT2D eigenvalue weighted by Gasteiger charge is -2.21. The van der Waals surface area contributed by atoms with Crippen molar-refractivity contribution in [2.75, 3.05) is 17.7 Å². The van der Waals surface area contributed by atoms with Gasteiger partial charge in [0.25, 0.3) is 5.79 Å². The topological polar surface area (TPSA) is 100 Å². The maximum absolute atomic E-state index is 12.6. The molecular weight excluding hydrogens is 430 g/mol. The number of anilines is 1. The van der Waals surface area contributed by atoms with Gasteiger partial charge in [-0.25, -0.2) is 0 Å². The van der Waals surface area contributed by atoms with E-state index in [1.165, 1.54) is 11.8 Å². The van der Waals surface area contributed by atoms with E-state index in [1.807, 2.05) is 49.4 Å². The predicted octanol–water partition coefficient (Wildman–Crippen LogP) is 3.83. The summed E-state index contributed by atoms with van der Waals surface area (Å²) in [5.41, 5.74) is 1.38. The summed E-state index contributed by atoms with van der Waals surface area (Å²) in [6.45, 7) is 2.45. The van der Waals surface area contributed by atoms with Gasteiger partial charge in [0, 0.05) is 24.6 Å². The van der Waals surface area contributed by atoms with Crippen molar-refractivity contribution in [2.24, 2.45) is 0 Å². The molecule has 2 heterocycles. The van der Waals surface area contributed by atoms with Gasteiger partial charge >= 0.3 is 0 Å². The summed E-state index contributed by atoms with van der Waals surface area (Å²) in [6.07, 6.45) is 3.98. The fourth-order valence-electron chi connectivity index (χ4n) is 3.95. The zero-order valence-electron chi connectivity index (χ0n) is 17.6. The van der Waals surface area contributed by atoms with Gasteiger partial charge in [0.1, 0.15) is 11.4 Å². The number of carbonyl (C=O) groups is 1. The normalized spacial score (nSPS) is 15.8. The molecular formula is C22H23N5O4S. The van der Waals surface area contributed by atoms with Gasteiger partial charge in [-0.1, -0.05) is 23.9 Å². The van der Waals surface area contributed by atoms with E-state index in [1.54, 1.807) is 4.68 Å². The predicted molar refractivity (Wildman–Crippen MR) is 119 cm³/mol. The number of rotatable bonds is 7. The quantitative estimate of drug-likeness (QED) is 0.539. The van der Waals surface area contributed by atoms with E-state index in [0.29, 0.717) is 28.9 Å². The van der Waals surface area contributed by atoms with Gasteiger partial charge in [-0.05, 0) is 54.5 Å². The number of nitrogens with one attached hydrogen (secondary N) is 1. The van der Waals surface area contributed by atoms with Gasteiger partial charge < -0.3 is 19.5 Å². The highest BCUT2D eigenvalue weighted by molar-refractivity contribution is 7.99. The van der Waals surface area contributed by atoms with Crippen LogP contribution in [0, 0.1) is 0 Å². The van der Waals surface area contributed by atoms with Crippen molar-refractivity contribution in [3.63, 3.8) is 0 Å². The van der Waals surface area contributed by atoms with Gasteiger partial charge in [0.05, 0.1) is 12.4 Å². The van der Waals surface area contributed by atoms with Crippen LogP contribution in [0.3, 0.4) is 0 Å². The molecule has 32 heavy (non-hydrogen) atoms. The molecule has 2 aromatic carbocycles. The van der Waals surface area contributed by atoms with Gasteiger partial charge in [0.2, 0.25) is 11.1 Å². The summed E-state index contributed by atoms with van der Waals surface area (Å²) in [4.78, 5) is 12.6. The van der Waals surface area contributed by atoms with E-state index < -0.39 is 5.79 Å². The average molecular weight is 454 g/mol. The smallest absolute Gasteiger partial charge is 0.251 e. The van der Waals surface area contributed by atoms with Crippen molar-refractivity contribution < 1.29 is 19.0 Å². The van der Waals surface area contributed by atoms with Crippen molar-refractivity contribution in [3.05, 3.63) is 42.5 Å². The third-order valence-electron chi connectivity index (χ3n) is 5.35. The standard InChI is InChI=1S/C22H23N5O4S/c1-2-29-17-8-4-3-7-16(17)27-21(24-25-26-27)32-14-20(28)23-15-9-10-18-19(13-15)31-22(30-18)11-5-6-12-22/h3-4,7-10,13H,2,5-6,11-12,14H2,1H3,(H,23,28). The number of amides is 1. The van der Waals surface area contributed by atoms with Crippen molar-refractivity contribution in [1.29, 1.82) is 0 Å². The molecule has 3 aromatic rings. The number of hydrogen-bond acceptors (Lipinski definition) is 8. The molecule has 0 bridgehead atoms. The zero-order valence-corrected chi connectivity index (χ0v) is 18.4. The number of tetrazole rings is 1. The van der Waals surface area contributed by atoms with E-state index in [9.17, 15) is 4.79 Å². The molecule has 5 rings (SSSR count). The molecule has 1 fully saturated rings. The van der Waals surface area contributed by atoms with Crippen LogP contribution in [-0.4, -0.2) is 44.3 Å². The Balaban J connectivity index is 1.23. The van der Waals surface area contributed by atoms with Gasteiger partial charge in [0.15, 0.2) is 11.5 Å². The second kappa shape index (κ2) is 8.70. The second-order valence-corrected chi connectivity index (χ2v) is 8.54. The van der Waals surface area contributed by atoms with Gasteiger partial charge in [-0.15, -0.1) is 5.10 Å². The summed E-state index contributed by atoms with van der Waals surface area (Å²) in [6, 6.07) is 13.0. The minimum absolute atomic E-state index is 0.148. The molecule has 1 spiro atoms. The van der Waals surface area contributed by atoms with Crippen LogP contribution in [0.1, 0.15) is 32.6 Å². The Labute approximate surface area is 189 Å². The Morgan fingerprint density at radius 2 is 2.00 bits per heavy atom. The molecule has 1 amide bonds. The summed E-state index contributed by atoms with van der Waals surface area (Å²) in [7, 11) is 0. The molecule has 9 nitrogen and oxygen atoms in total. The maximum Gasteiger partial charge on any atom is 0.251 e. The number of carbonyl (C=O) groups excluding carboxylic acids is 1. The second-order valence-electron chi connectivity index (χ2n) is 7.59. The molecule has 1 saturated carbocycles. The Morgan fingerprint density at radius 3 is 2.84 bits per heavy atom. The molecule has 2 aliphatic rings. The molecule has 10 heteroatoms. The Bertz CT molecular complexity index is 1130. The van der Waals surface area contributed by atoms with Crippen molar-refractivity contribution in [2.45, 2.75) is 43.6 Å². The largest absolute Gasteiger partial charge is 0.492 e. The van der Waals surface area contributed by atoms with Crippen LogP contribution in [0.2, 0.25) is 0 Å². The fourth-order valence-corrected chi connectivity index (χ4v) is 4.63. The van der Waals surface area contributed by atoms with Crippen LogP contribution in [0.15, 0.2) is 47.6 Å². The van der Waals surface area contributed by atoms with Crippen LogP contribution in [0.5, 0.6) is 17.2 Å². The molecule has 0 unspecified atom stereocenters. The lowest BCUT2D eigenvalue weighted by Crippen LogP contribution is -2.34. The SMILES string of the molecule is CCOc1ccccc1-n1nnnc1SCC(=O)Nc1ccc2c(c1)OC1(CCCC1)O2. The minimum Gasteiger partial charge on any atom is -0.492 e. The van der Waals surface area contributed by atoms with Crippen LogP contribution in [0.4, 0.5) is 5.69 Å². The molecule has 1 aromatic heterocycles. The molecule has 0 saturated heterocycles. The third-order valence-corrected chi connectivity index (χ3v) is 6.27. The molecule has 1 aliphatic carbocycles. The molecule has 0 radical (unpaired) electrons. The highest BCUT2D eigenvalue weighted by Gasteiger charge is 2.44. The number of hydrogen-bond donors (Lipinski definition) is 1. The first-order valence-electron chi connectivity index (χ1n) is 10.6.